The number of aromatic nitrogens is 2. The largest absolute Gasteiger partial charge is 0.350 e. The van der Waals surface area contributed by atoms with E-state index < -0.39 is 6.04 Å². The summed E-state index contributed by atoms with van der Waals surface area (Å²) in [5, 5.41) is 9.41. The average molecular weight is 270 g/mol. The van der Waals surface area contributed by atoms with Crippen molar-refractivity contribution in [2.75, 3.05) is 5.75 Å². The van der Waals surface area contributed by atoms with Gasteiger partial charge in [0.2, 0.25) is 11.8 Å². The molecule has 0 aromatic carbocycles. The summed E-state index contributed by atoms with van der Waals surface area (Å²) in [4.78, 5) is 22.8. The summed E-state index contributed by atoms with van der Waals surface area (Å²) < 4.78 is 1.74. The molecule has 0 radical (unpaired) electrons. The predicted molar refractivity (Wildman–Crippen MR) is 71.3 cm³/mol. The van der Waals surface area contributed by atoms with Crippen LogP contribution in [0.4, 0.5) is 0 Å². The van der Waals surface area contributed by atoms with Crippen LogP contribution in [-0.2, 0) is 16.1 Å². The third-order valence-corrected chi connectivity index (χ3v) is 2.65. The van der Waals surface area contributed by atoms with Crippen molar-refractivity contribution in [2.45, 2.75) is 32.5 Å². The molecule has 100 valence electrons. The van der Waals surface area contributed by atoms with Crippen LogP contribution < -0.4 is 10.6 Å². The maximum absolute atomic E-state index is 11.8. The molecule has 2 amide bonds. The van der Waals surface area contributed by atoms with Gasteiger partial charge in [0.15, 0.2) is 0 Å². The zero-order valence-corrected chi connectivity index (χ0v) is 11.4. The monoisotopic (exact) mass is 270 g/mol. The highest BCUT2D eigenvalue weighted by atomic mass is 32.1. The van der Waals surface area contributed by atoms with Gasteiger partial charge in [-0.05, 0) is 13.0 Å². The van der Waals surface area contributed by atoms with Gasteiger partial charge >= 0.3 is 0 Å². The topological polar surface area (TPSA) is 76.0 Å². The Balaban J connectivity index is 2.44. The summed E-state index contributed by atoms with van der Waals surface area (Å²) in [6, 6.07) is 1.14. The molecule has 1 rings (SSSR count). The fraction of sp³-hybridized carbons (Fsp3) is 0.545. The molecule has 7 heteroatoms. The minimum Gasteiger partial charge on any atom is -0.350 e. The fourth-order valence-corrected chi connectivity index (χ4v) is 1.77. The summed E-state index contributed by atoms with van der Waals surface area (Å²) >= 11 is 4.05. The molecule has 0 saturated heterocycles. The highest BCUT2D eigenvalue weighted by Gasteiger charge is 2.19. The molecule has 6 nitrogen and oxygen atoms in total. The van der Waals surface area contributed by atoms with Crippen LogP contribution in [-0.4, -0.2) is 39.4 Å². The van der Waals surface area contributed by atoms with Gasteiger partial charge in [0.25, 0.3) is 0 Å². The summed E-state index contributed by atoms with van der Waals surface area (Å²) in [6.45, 7) is 3.83. The van der Waals surface area contributed by atoms with Crippen LogP contribution in [0.15, 0.2) is 18.5 Å². The van der Waals surface area contributed by atoms with Crippen molar-refractivity contribution in [3.8, 4) is 0 Å². The van der Waals surface area contributed by atoms with E-state index in [1.54, 1.807) is 10.9 Å². The Morgan fingerprint density at radius 1 is 1.44 bits per heavy atom. The maximum atomic E-state index is 11.8. The van der Waals surface area contributed by atoms with Crippen LogP contribution in [0.25, 0.3) is 0 Å². The molecule has 0 aliphatic carbocycles. The lowest BCUT2D eigenvalue weighted by molar-refractivity contribution is -0.127. The molecule has 18 heavy (non-hydrogen) atoms. The molecule has 0 spiro atoms. The Morgan fingerprint density at radius 3 is 2.67 bits per heavy atom. The van der Waals surface area contributed by atoms with Crippen LogP contribution in [0, 0.1) is 0 Å². The lowest BCUT2D eigenvalue weighted by Crippen LogP contribution is -2.50. The zero-order valence-electron chi connectivity index (χ0n) is 10.5. The fourth-order valence-electron chi connectivity index (χ4n) is 1.52. The van der Waals surface area contributed by atoms with E-state index in [0.29, 0.717) is 6.54 Å². The van der Waals surface area contributed by atoms with Gasteiger partial charge in [-0.25, -0.2) is 0 Å². The Hall–Kier alpha value is -1.50. The van der Waals surface area contributed by atoms with E-state index in [4.69, 9.17) is 0 Å². The average Bonchev–Trinajstić information content (AvgIpc) is 2.77. The first-order valence-corrected chi connectivity index (χ1v) is 6.32. The smallest absolute Gasteiger partial charge is 0.243 e. The molecule has 1 aromatic rings. The number of carbonyl (C=O) groups excluding carboxylic acids is 2. The van der Waals surface area contributed by atoms with E-state index in [1.165, 1.54) is 6.92 Å². The van der Waals surface area contributed by atoms with Crippen LogP contribution in [0.5, 0.6) is 0 Å². The van der Waals surface area contributed by atoms with E-state index in [9.17, 15) is 9.59 Å². The summed E-state index contributed by atoms with van der Waals surface area (Å²) in [7, 11) is 0. The molecule has 0 aliphatic rings. The van der Waals surface area contributed by atoms with Crippen molar-refractivity contribution in [2.24, 2.45) is 0 Å². The van der Waals surface area contributed by atoms with Crippen molar-refractivity contribution in [1.82, 2.24) is 20.4 Å². The van der Waals surface area contributed by atoms with E-state index in [0.717, 1.165) is 0 Å². The molecule has 0 bridgehead atoms. The van der Waals surface area contributed by atoms with Crippen molar-refractivity contribution in [3.05, 3.63) is 18.5 Å². The normalized spacial score (nSPS) is 13.7. The molecule has 0 aliphatic heterocycles. The number of nitrogens with zero attached hydrogens (tertiary/aromatic N) is 2. The number of thiol groups is 1. The first-order chi connectivity index (χ1) is 8.52. The number of nitrogens with one attached hydrogen (secondary N) is 2. The minimum atomic E-state index is -0.606. The summed E-state index contributed by atoms with van der Waals surface area (Å²) in [5.41, 5.74) is 0. The van der Waals surface area contributed by atoms with Gasteiger partial charge in [-0.3, -0.25) is 14.3 Å². The lowest BCUT2D eigenvalue weighted by atomic mass is 10.2. The van der Waals surface area contributed by atoms with E-state index in [1.807, 2.05) is 19.2 Å². The zero-order chi connectivity index (χ0) is 13.5. The molecule has 1 aromatic heterocycles. The van der Waals surface area contributed by atoms with Crippen molar-refractivity contribution >= 4 is 24.4 Å². The van der Waals surface area contributed by atoms with Gasteiger partial charge in [-0.1, -0.05) is 0 Å². The van der Waals surface area contributed by atoms with Crippen molar-refractivity contribution in [1.29, 1.82) is 0 Å². The first-order valence-electron chi connectivity index (χ1n) is 5.68. The highest BCUT2D eigenvalue weighted by Crippen LogP contribution is 1.94. The summed E-state index contributed by atoms with van der Waals surface area (Å²) in [6.07, 6.45) is 3.51. The molecule has 0 saturated carbocycles. The second kappa shape index (κ2) is 7.05. The molecular weight excluding hydrogens is 252 g/mol. The first kappa shape index (κ1) is 14.6. The molecule has 2 atom stereocenters. The molecule has 2 unspecified atom stereocenters. The minimum absolute atomic E-state index is 0.0754. The number of rotatable bonds is 6. The van der Waals surface area contributed by atoms with Crippen LogP contribution >= 0.6 is 12.6 Å². The third-order valence-electron chi connectivity index (χ3n) is 2.29. The maximum Gasteiger partial charge on any atom is 0.243 e. The Labute approximate surface area is 112 Å². The molecular formula is C11H18N4O2S. The number of hydrogen-bond donors (Lipinski definition) is 3. The second-order valence-corrected chi connectivity index (χ2v) is 4.44. The Kier molecular flexibility index (Phi) is 5.70. The SMILES string of the molecule is CC(=O)NC(CS)C(=O)NC(C)Cn1cccn1. The van der Waals surface area contributed by atoms with Crippen molar-refractivity contribution < 1.29 is 9.59 Å². The van der Waals surface area contributed by atoms with Gasteiger partial charge in [0.05, 0.1) is 6.54 Å². The van der Waals surface area contributed by atoms with Crippen LogP contribution in [0.1, 0.15) is 13.8 Å². The predicted octanol–water partition coefficient (Wildman–Crippen LogP) is -0.178. The van der Waals surface area contributed by atoms with Gasteiger partial charge in [0, 0.05) is 31.1 Å². The lowest BCUT2D eigenvalue weighted by Gasteiger charge is -2.19. The second-order valence-electron chi connectivity index (χ2n) is 4.07. The molecule has 1 heterocycles. The summed E-state index contributed by atoms with van der Waals surface area (Å²) in [5.74, 6) is -0.219. The highest BCUT2D eigenvalue weighted by molar-refractivity contribution is 7.80. The van der Waals surface area contributed by atoms with E-state index in [-0.39, 0.29) is 23.6 Å². The Morgan fingerprint density at radius 2 is 2.17 bits per heavy atom. The van der Waals surface area contributed by atoms with E-state index >= 15 is 0 Å². The van der Waals surface area contributed by atoms with Crippen LogP contribution in [0.2, 0.25) is 0 Å². The number of amides is 2. The van der Waals surface area contributed by atoms with Crippen LogP contribution in [0.3, 0.4) is 0 Å². The number of hydrogen-bond acceptors (Lipinski definition) is 4. The Bertz CT molecular complexity index is 394. The van der Waals surface area contributed by atoms with Gasteiger partial charge in [-0.15, -0.1) is 0 Å². The molecule has 2 N–H and O–H groups in total. The van der Waals surface area contributed by atoms with Crippen molar-refractivity contribution in [3.63, 3.8) is 0 Å². The standard InChI is InChI=1S/C11H18N4O2S/c1-8(6-15-5-3-4-12-15)13-11(17)10(7-18)14-9(2)16/h3-5,8,10,18H,6-7H2,1-2H3,(H,13,17)(H,14,16). The molecule has 0 fully saturated rings. The van der Waals surface area contributed by atoms with Gasteiger partial charge in [0.1, 0.15) is 6.04 Å². The third kappa shape index (κ3) is 4.79. The van der Waals surface area contributed by atoms with Gasteiger partial charge < -0.3 is 10.6 Å². The quantitative estimate of drug-likeness (QED) is 0.628. The van der Waals surface area contributed by atoms with E-state index in [2.05, 4.69) is 28.4 Å². The van der Waals surface area contributed by atoms with Gasteiger partial charge in [-0.2, -0.15) is 17.7 Å². The number of carbonyl (C=O) groups is 2.